The van der Waals surface area contributed by atoms with Gasteiger partial charge in [-0.2, -0.15) is 0 Å². The minimum absolute atomic E-state index is 0.544. The van der Waals surface area contributed by atoms with E-state index < -0.39 is 0 Å². The van der Waals surface area contributed by atoms with Crippen LogP contribution in [0.4, 0.5) is 11.6 Å². The molecule has 0 aliphatic heterocycles. The van der Waals surface area contributed by atoms with Crippen molar-refractivity contribution in [2.24, 2.45) is 0 Å². The Balaban J connectivity index is 3.01. The predicted octanol–water partition coefficient (Wildman–Crippen LogP) is 1.08. The van der Waals surface area contributed by atoms with Gasteiger partial charge in [0.05, 0.1) is 0 Å². The number of hydrogen-bond donors (Lipinski definition) is 1. The summed E-state index contributed by atoms with van der Waals surface area (Å²) in [5, 5.41) is 0. The number of anilines is 2. The maximum absolute atomic E-state index is 5.65. The van der Waals surface area contributed by atoms with Crippen molar-refractivity contribution in [2.75, 3.05) is 24.2 Å². The van der Waals surface area contributed by atoms with E-state index in [9.17, 15) is 0 Å². The van der Waals surface area contributed by atoms with Gasteiger partial charge in [-0.25, -0.2) is 9.97 Å². The van der Waals surface area contributed by atoms with E-state index in [0.29, 0.717) is 5.82 Å². The molecule has 1 rings (SSSR count). The summed E-state index contributed by atoms with van der Waals surface area (Å²) in [6.07, 6.45) is 0.815. The van der Waals surface area contributed by atoms with Gasteiger partial charge in [0.2, 0.25) is 0 Å². The molecule has 1 aromatic rings. The molecule has 0 saturated heterocycles. The summed E-state index contributed by atoms with van der Waals surface area (Å²) in [4.78, 5) is 10.5. The van der Waals surface area contributed by atoms with Gasteiger partial charge in [0.25, 0.3) is 0 Å². The van der Waals surface area contributed by atoms with Crippen molar-refractivity contribution in [3.63, 3.8) is 0 Å². The number of aromatic nitrogens is 2. The second-order valence-corrected chi connectivity index (χ2v) is 2.93. The number of aryl methyl sites for hydroxylation is 1. The van der Waals surface area contributed by atoms with Crippen molar-refractivity contribution in [3.8, 4) is 0 Å². The van der Waals surface area contributed by atoms with Crippen LogP contribution in [-0.2, 0) is 6.42 Å². The zero-order valence-electron chi connectivity index (χ0n) is 8.41. The lowest BCUT2D eigenvalue weighted by molar-refractivity contribution is 0.884. The SMILES string of the molecule is CCc1nc(N)cc(N(C)CC)n1. The summed E-state index contributed by atoms with van der Waals surface area (Å²) in [5.41, 5.74) is 5.65. The van der Waals surface area contributed by atoms with Crippen LogP contribution in [0.3, 0.4) is 0 Å². The Hall–Kier alpha value is -1.32. The van der Waals surface area contributed by atoms with Gasteiger partial charge in [-0.3, -0.25) is 0 Å². The van der Waals surface area contributed by atoms with Crippen LogP contribution >= 0.6 is 0 Å². The third kappa shape index (κ3) is 2.31. The molecule has 1 aromatic heterocycles. The van der Waals surface area contributed by atoms with Crippen LogP contribution in [-0.4, -0.2) is 23.6 Å². The Morgan fingerprint density at radius 2 is 2.08 bits per heavy atom. The van der Waals surface area contributed by atoms with Gasteiger partial charge in [-0.15, -0.1) is 0 Å². The predicted molar refractivity (Wildman–Crippen MR) is 54.8 cm³/mol. The minimum Gasteiger partial charge on any atom is -0.384 e. The van der Waals surface area contributed by atoms with E-state index in [2.05, 4.69) is 16.9 Å². The van der Waals surface area contributed by atoms with E-state index >= 15 is 0 Å². The molecule has 0 saturated carbocycles. The topological polar surface area (TPSA) is 55.0 Å². The van der Waals surface area contributed by atoms with Gasteiger partial charge in [0.1, 0.15) is 17.5 Å². The van der Waals surface area contributed by atoms with E-state index in [4.69, 9.17) is 5.73 Å². The molecule has 4 heteroatoms. The van der Waals surface area contributed by atoms with Crippen molar-refractivity contribution >= 4 is 11.6 Å². The van der Waals surface area contributed by atoms with E-state index in [1.807, 2.05) is 18.9 Å². The first-order valence-electron chi connectivity index (χ1n) is 4.52. The Bertz CT molecular complexity index is 285. The first-order chi connectivity index (χ1) is 6.17. The molecule has 2 N–H and O–H groups in total. The first-order valence-corrected chi connectivity index (χ1v) is 4.52. The molecule has 0 aromatic carbocycles. The maximum atomic E-state index is 5.65. The van der Waals surface area contributed by atoms with Crippen molar-refractivity contribution in [1.82, 2.24) is 9.97 Å². The molecule has 0 fully saturated rings. The highest BCUT2D eigenvalue weighted by Gasteiger charge is 2.03. The number of hydrogen-bond acceptors (Lipinski definition) is 4. The van der Waals surface area contributed by atoms with E-state index in [1.165, 1.54) is 0 Å². The van der Waals surface area contributed by atoms with Crippen LogP contribution in [0.5, 0.6) is 0 Å². The van der Waals surface area contributed by atoms with Crippen LogP contribution in [0.15, 0.2) is 6.07 Å². The summed E-state index contributed by atoms with van der Waals surface area (Å²) < 4.78 is 0. The molecule has 4 nitrogen and oxygen atoms in total. The molecule has 0 aliphatic carbocycles. The fourth-order valence-corrected chi connectivity index (χ4v) is 1.02. The largest absolute Gasteiger partial charge is 0.384 e. The smallest absolute Gasteiger partial charge is 0.134 e. The van der Waals surface area contributed by atoms with Crippen LogP contribution in [0.25, 0.3) is 0 Å². The highest BCUT2D eigenvalue weighted by atomic mass is 15.2. The summed E-state index contributed by atoms with van der Waals surface area (Å²) in [7, 11) is 1.99. The standard InChI is InChI=1S/C9H16N4/c1-4-8-11-7(10)6-9(12-8)13(3)5-2/h6H,4-5H2,1-3H3,(H2,10,11,12). The third-order valence-corrected chi connectivity index (χ3v) is 1.96. The first kappa shape index (κ1) is 9.77. The number of rotatable bonds is 3. The van der Waals surface area contributed by atoms with Gasteiger partial charge >= 0.3 is 0 Å². The number of nitrogens with zero attached hydrogens (tertiary/aromatic N) is 3. The minimum atomic E-state index is 0.544. The Labute approximate surface area is 78.8 Å². The van der Waals surface area contributed by atoms with Crippen molar-refractivity contribution in [3.05, 3.63) is 11.9 Å². The van der Waals surface area contributed by atoms with Crippen LogP contribution in [0.1, 0.15) is 19.7 Å². The fraction of sp³-hybridized carbons (Fsp3) is 0.556. The summed E-state index contributed by atoms with van der Waals surface area (Å²) in [6.45, 7) is 5.01. The zero-order valence-corrected chi connectivity index (χ0v) is 8.41. The lowest BCUT2D eigenvalue weighted by Gasteiger charge is -2.16. The molecule has 0 bridgehead atoms. The third-order valence-electron chi connectivity index (χ3n) is 1.96. The fourth-order valence-electron chi connectivity index (χ4n) is 1.02. The number of nitrogens with two attached hydrogens (primary N) is 1. The summed E-state index contributed by atoms with van der Waals surface area (Å²) >= 11 is 0. The van der Waals surface area contributed by atoms with Crippen LogP contribution in [0.2, 0.25) is 0 Å². The van der Waals surface area contributed by atoms with Gasteiger partial charge in [0, 0.05) is 26.1 Å². The van der Waals surface area contributed by atoms with Crippen molar-refractivity contribution < 1.29 is 0 Å². The molecule has 72 valence electrons. The second kappa shape index (κ2) is 4.07. The van der Waals surface area contributed by atoms with E-state index in [0.717, 1.165) is 24.6 Å². The van der Waals surface area contributed by atoms with Gasteiger partial charge in [0.15, 0.2) is 0 Å². The van der Waals surface area contributed by atoms with Gasteiger partial charge < -0.3 is 10.6 Å². The summed E-state index contributed by atoms with van der Waals surface area (Å²) in [6, 6.07) is 1.79. The molecule has 0 atom stereocenters. The van der Waals surface area contributed by atoms with Gasteiger partial charge in [-0.1, -0.05) is 6.92 Å². The Morgan fingerprint density at radius 1 is 1.38 bits per heavy atom. The molecule has 1 heterocycles. The van der Waals surface area contributed by atoms with Gasteiger partial charge in [-0.05, 0) is 6.92 Å². The lowest BCUT2D eigenvalue weighted by Crippen LogP contribution is -2.18. The zero-order chi connectivity index (χ0) is 9.84. The molecule has 0 spiro atoms. The number of nitrogen functional groups attached to an aromatic ring is 1. The average molecular weight is 180 g/mol. The highest BCUT2D eigenvalue weighted by molar-refractivity contribution is 5.46. The molecular weight excluding hydrogens is 164 g/mol. The average Bonchev–Trinajstić information content (AvgIpc) is 2.15. The summed E-state index contributed by atoms with van der Waals surface area (Å²) in [5.74, 6) is 2.24. The lowest BCUT2D eigenvalue weighted by atomic mass is 10.4. The normalized spacial score (nSPS) is 10.1. The maximum Gasteiger partial charge on any atom is 0.134 e. The molecule has 0 unspecified atom stereocenters. The van der Waals surface area contributed by atoms with Crippen LogP contribution < -0.4 is 10.6 Å². The highest BCUT2D eigenvalue weighted by Crippen LogP contribution is 2.12. The molecular formula is C9H16N4. The van der Waals surface area contributed by atoms with E-state index in [-0.39, 0.29) is 0 Å². The van der Waals surface area contributed by atoms with Crippen LogP contribution in [0, 0.1) is 0 Å². The quantitative estimate of drug-likeness (QED) is 0.756. The molecule has 13 heavy (non-hydrogen) atoms. The van der Waals surface area contributed by atoms with Crippen molar-refractivity contribution in [1.29, 1.82) is 0 Å². The van der Waals surface area contributed by atoms with E-state index in [1.54, 1.807) is 6.07 Å². The van der Waals surface area contributed by atoms with Crippen molar-refractivity contribution in [2.45, 2.75) is 20.3 Å². The molecule has 0 aliphatic rings. The second-order valence-electron chi connectivity index (χ2n) is 2.93. The Kier molecular flexibility index (Phi) is 3.06. The molecule has 0 amide bonds. The molecule has 0 radical (unpaired) electrons. The monoisotopic (exact) mass is 180 g/mol. The Morgan fingerprint density at radius 3 is 2.62 bits per heavy atom.